The molecule has 1 atom stereocenters. The molecule has 3 rings (SSSR count). The zero-order valence-electron chi connectivity index (χ0n) is 10.3. The van der Waals surface area contributed by atoms with E-state index in [0.717, 1.165) is 12.8 Å². The highest BCUT2D eigenvalue weighted by Crippen LogP contribution is 2.47. The van der Waals surface area contributed by atoms with Crippen LogP contribution >= 0.6 is 0 Å². The second-order valence-electron chi connectivity index (χ2n) is 4.93. The van der Waals surface area contributed by atoms with E-state index in [1.165, 1.54) is 12.0 Å². The van der Waals surface area contributed by atoms with Gasteiger partial charge in [-0.05, 0) is 25.3 Å². The number of aliphatic hydroxyl groups excluding tert-OH is 1. The van der Waals surface area contributed by atoms with Crippen molar-refractivity contribution in [2.45, 2.75) is 37.7 Å². The van der Waals surface area contributed by atoms with E-state index in [1.807, 2.05) is 18.2 Å². The molecule has 0 saturated heterocycles. The van der Waals surface area contributed by atoms with Gasteiger partial charge in [-0.2, -0.15) is 4.98 Å². The summed E-state index contributed by atoms with van der Waals surface area (Å²) >= 11 is 0. The van der Waals surface area contributed by atoms with E-state index in [9.17, 15) is 5.11 Å². The van der Waals surface area contributed by atoms with Crippen LogP contribution in [0.4, 0.5) is 0 Å². The molecule has 1 aromatic carbocycles. The Morgan fingerprint density at radius 2 is 2.00 bits per heavy atom. The van der Waals surface area contributed by atoms with Gasteiger partial charge in [0.1, 0.15) is 6.10 Å². The number of hydrogen-bond acceptors (Lipinski definition) is 4. The van der Waals surface area contributed by atoms with Crippen molar-refractivity contribution < 1.29 is 9.63 Å². The van der Waals surface area contributed by atoms with E-state index in [1.54, 1.807) is 6.92 Å². The Bertz CT molecular complexity index is 530. The van der Waals surface area contributed by atoms with Crippen LogP contribution in [0.25, 0.3) is 0 Å². The summed E-state index contributed by atoms with van der Waals surface area (Å²) in [4.78, 5) is 4.35. The van der Waals surface area contributed by atoms with Gasteiger partial charge in [-0.1, -0.05) is 41.9 Å². The first kappa shape index (κ1) is 11.4. The van der Waals surface area contributed by atoms with Crippen molar-refractivity contribution in [1.82, 2.24) is 10.1 Å². The van der Waals surface area contributed by atoms with Crippen molar-refractivity contribution in [2.75, 3.05) is 0 Å². The minimum absolute atomic E-state index is 0.113. The van der Waals surface area contributed by atoms with Crippen LogP contribution in [0.1, 0.15) is 49.6 Å². The molecule has 4 heteroatoms. The van der Waals surface area contributed by atoms with Crippen molar-refractivity contribution in [3.8, 4) is 0 Å². The first-order valence-corrected chi connectivity index (χ1v) is 6.30. The summed E-state index contributed by atoms with van der Waals surface area (Å²) in [6, 6.07) is 10.3. The first-order chi connectivity index (χ1) is 8.72. The molecule has 18 heavy (non-hydrogen) atoms. The molecule has 1 N–H and O–H groups in total. The number of aromatic nitrogens is 2. The molecule has 0 spiro atoms. The van der Waals surface area contributed by atoms with E-state index >= 15 is 0 Å². The summed E-state index contributed by atoms with van der Waals surface area (Å²) in [5.74, 6) is 1.00. The maximum absolute atomic E-state index is 9.47. The van der Waals surface area contributed by atoms with Crippen LogP contribution in [-0.2, 0) is 5.41 Å². The second kappa shape index (κ2) is 4.21. The smallest absolute Gasteiger partial charge is 0.255 e. The molecule has 2 aromatic rings. The Morgan fingerprint density at radius 1 is 1.28 bits per heavy atom. The minimum atomic E-state index is -0.709. The van der Waals surface area contributed by atoms with Gasteiger partial charge in [0.15, 0.2) is 5.82 Å². The molecule has 1 aliphatic rings. The van der Waals surface area contributed by atoms with Gasteiger partial charge in [0.05, 0.1) is 5.41 Å². The number of hydrogen-bond donors (Lipinski definition) is 1. The van der Waals surface area contributed by atoms with E-state index in [2.05, 4.69) is 22.3 Å². The Hall–Kier alpha value is -1.68. The molecule has 1 saturated carbocycles. The number of aliphatic hydroxyl groups is 1. The molecular weight excluding hydrogens is 228 g/mol. The molecule has 94 valence electrons. The highest BCUT2D eigenvalue weighted by Gasteiger charge is 2.44. The second-order valence-corrected chi connectivity index (χ2v) is 4.93. The van der Waals surface area contributed by atoms with Gasteiger partial charge in [0.2, 0.25) is 0 Å². The number of nitrogens with zero attached hydrogens (tertiary/aromatic N) is 2. The van der Waals surface area contributed by atoms with Crippen LogP contribution in [0.3, 0.4) is 0 Å². The van der Waals surface area contributed by atoms with Crippen LogP contribution in [0, 0.1) is 0 Å². The molecule has 0 aliphatic heterocycles. The Kier molecular flexibility index (Phi) is 2.67. The van der Waals surface area contributed by atoms with E-state index < -0.39 is 6.10 Å². The highest BCUT2D eigenvalue weighted by atomic mass is 16.5. The number of benzene rings is 1. The average Bonchev–Trinajstić information content (AvgIpc) is 2.79. The SMILES string of the molecule is C[C@H](O)c1nc(C2(c3ccccc3)CCC2)no1. The highest BCUT2D eigenvalue weighted by molar-refractivity contribution is 5.35. The van der Waals surface area contributed by atoms with Gasteiger partial charge in [0.25, 0.3) is 5.89 Å². The Labute approximate surface area is 106 Å². The monoisotopic (exact) mass is 244 g/mol. The molecule has 0 unspecified atom stereocenters. The molecule has 4 nitrogen and oxygen atoms in total. The van der Waals surface area contributed by atoms with Crippen LogP contribution < -0.4 is 0 Å². The fourth-order valence-electron chi connectivity index (χ4n) is 2.53. The largest absolute Gasteiger partial charge is 0.384 e. The van der Waals surface area contributed by atoms with Crippen molar-refractivity contribution in [2.24, 2.45) is 0 Å². The summed E-state index contributed by atoms with van der Waals surface area (Å²) in [5.41, 5.74) is 1.12. The van der Waals surface area contributed by atoms with Crippen molar-refractivity contribution in [1.29, 1.82) is 0 Å². The lowest BCUT2D eigenvalue weighted by atomic mass is 9.64. The number of rotatable bonds is 3. The Morgan fingerprint density at radius 3 is 2.50 bits per heavy atom. The van der Waals surface area contributed by atoms with Gasteiger partial charge in [-0.25, -0.2) is 0 Å². The standard InChI is InChI=1S/C14H16N2O2/c1-10(17)12-15-13(16-18-12)14(8-5-9-14)11-6-3-2-4-7-11/h2-4,6-7,10,17H,5,8-9H2,1H3/t10-/m0/s1. The third-order valence-corrected chi connectivity index (χ3v) is 3.76. The summed E-state index contributed by atoms with van der Waals surface area (Å²) in [6.07, 6.45) is 2.54. The molecule has 0 radical (unpaired) electrons. The summed E-state index contributed by atoms with van der Waals surface area (Å²) in [7, 11) is 0. The lowest BCUT2D eigenvalue weighted by Gasteiger charge is -2.39. The molecule has 1 aliphatic carbocycles. The van der Waals surface area contributed by atoms with Gasteiger partial charge < -0.3 is 9.63 Å². The van der Waals surface area contributed by atoms with Crippen LogP contribution in [0.2, 0.25) is 0 Å². The maximum atomic E-state index is 9.47. The molecule has 1 heterocycles. The molecule has 0 bridgehead atoms. The minimum Gasteiger partial charge on any atom is -0.384 e. The van der Waals surface area contributed by atoms with Crippen LogP contribution in [-0.4, -0.2) is 15.2 Å². The lowest BCUT2D eigenvalue weighted by molar-refractivity contribution is 0.151. The van der Waals surface area contributed by atoms with Gasteiger partial charge in [-0.15, -0.1) is 0 Å². The van der Waals surface area contributed by atoms with Crippen LogP contribution in [0.5, 0.6) is 0 Å². The summed E-state index contributed by atoms with van der Waals surface area (Å²) in [5, 5.41) is 13.5. The van der Waals surface area contributed by atoms with Gasteiger partial charge in [0, 0.05) is 0 Å². The lowest BCUT2D eigenvalue weighted by Crippen LogP contribution is -2.36. The zero-order chi connectivity index (χ0) is 12.6. The van der Waals surface area contributed by atoms with Crippen molar-refractivity contribution >= 4 is 0 Å². The van der Waals surface area contributed by atoms with Gasteiger partial charge >= 0.3 is 0 Å². The van der Waals surface area contributed by atoms with Crippen LogP contribution in [0.15, 0.2) is 34.9 Å². The normalized spacial score (nSPS) is 19.2. The predicted molar refractivity (Wildman–Crippen MR) is 66.0 cm³/mol. The molecule has 0 amide bonds. The Balaban J connectivity index is 2.01. The summed E-state index contributed by atoms with van der Waals surface area (Å²) in [6.45, 7) is 1.63. The quantitative estimate of drug-likeness (QED) is 0.901. The van der Waals surface area contributed by atoms with E-state index in [0.29, 0.717) is 11.7 Å². The predicted octanol–water partition coefficient (Wildman–Crippen LogP) is 2.59. The third-order valence-electron chi connectivity index (χ3n) is 3.76. The first-order valence-electron chi connectivity index (χ1n) is 6.30. The van der Waals surface area contributed by atoms with E-state index in [4.69, 9.17) is 4.52 Å². The maximum Gasteiger partial charge on any atom is 0.255 e. The fraction of sp³-hybridized carbons (Fsp3) is 0.429. The average molecular weight is 244 g/mol. The summed E-state index contributed by atoms with van der Waals surface area (Å²) < 4.78 is 5.12. The third kappa shape index (κ3) is 1.64. The topological polar surface area (TPSA) is 59.2 Å². The van der Waals surface area contributed by atoms with Crippen molar-refractivity contribution in [3.63, 3.8) is 0 Å². The zero-order valence-corrected chi connectivity index (χ0v) is 10.3. The van der Waals surface area contributed by atoms with E-state index in [-0.39, 0.29) is 5.41 Å². The fourth-order valence-corrected chi connectivity index (χ4v) is 2.53. The molecular formula is C14H16N2O2. The molecule has 1 fully saturated rings. The van der Waals surface area contributed by atoms with Gasteiger partial charge in [-0.3, -0.25) is 0 Å². The van der Waals surface area contributed by atoms with Crippen molar-refractivity contribution in [3.05, 3.63) is 47.6 Å². The molecule has 1 aromatic heterocycles.